The van der Waals surface area contributed by atoms with Gasteiger partial charge in [0.15, 0.2) is 0 Å². The Morgan fingerprint density at radius 3 is 2.76 bits per heavy atom. The highest BCUT2D eigenvalue weighted by molar-refractivity contribution is 5.90. The molecule has 21 heavy (non-hydrogen) atoms. The number of likely N-dealkylation sites (tertiary alicyclic amines) is 1. The van der Waals surface area contributed by atoms with Crippen LogP contribution in [0.3, 0.4) is 0 Å². The molecule has 1 fully saturated rings. The third-order valence-corrected chi connectivity index (χ3v) is 3.72. The quantitative estimate of drug-likeness (QED) is 0.737. The van der Waals surface area contributed by atoms with Crippen LogP contribution in [0.2, 0.25) is 0 Å². The number of benzene rings is 1. The first kappa shape index (κ1) is 15.8. The molecule has 6 nitrogen and oxygen atoms in total. The number of hydrogen-bond acceptors (Lipinski definition) is 5. The summed E-state index contributed by atoms with van der Waals surface area (Å²) >= 11 is 0. The van der Waals surface area contributed by atoms with Crippen LogP contribution in [0.25, 0.3) is 0 Å². The molecule has 1 aliphatic rings. The molecule has 6 heteroatoms. The molecule has 3 N–H and O–H groups in total. The van der Waals surface area contributed by atoms with Crippen molar-refractivity contribution in [3.05, 3.63) is 29.3 Å². The van der Waals surface area contributed by atoms with Gasteiger partial charge in [-0.3, -0.25) is 4.90 Å². The zero-order chi connectivity index (χ0) is 15.6. The lowest BCUT2D eigenvalue weighted by Crippen LogP contribution is -2.42. The van der Waals surface area contributed by atoms with Gasteiger partial charge >= 0.3 is 5.97 Å². The molecule has 0 amide bonds. The fraction of sp³-hybridized carbons (Fsp3) is 0.533. The van der Waals surface area contributed by atoms with Crippen LogP contribution in [0.15, 0.2) is 18.2 Å². The normalized spacial score (nSPS) is 22.9. The molecule has 116 valence electrons. The number of β-amino-alcohol motifs (C(OH)–C–C–N with tert-alkyl or cyclic N) is 1. The molecule has 0 unspecified atom stereocenters. The third-order valence-electron chi connectivity index (χ3n) is 3.72. The van der Waals surface area contributed by atoms with Crippen LogP contribution in [-0.2, 0) is 6.54 Å². The summed E-state index contributed by atoms with van der Waals surface area (Å²) in [4.78, 5) is 15.1. The topological polar surface area (TPSA) is 84.2 Å². The Morgan fingerprint density at radius 2 is 2.14 bits per heavy atom. The van der Waals surface area contributed by atoms with Crippen molar-refractivity contribution in [3.63, 3.8) is 0 Å². The summed E-state index contributed by atoms with van der Waals surface area (Å²) in [6.07, 6.45) is 0.703. The standard InChI is InChI=1S/C15H22N2O4/c1-16(2)9-15(21)5-6-17(10-15)8-11-3-4-13(18)12(7-11)14(19)20/h3-4,7,18,21H,5-6,8-10H2,1-2H3,(H,19,20)/t15-/m0/s1. The van der Waals surface area contributed by atoms with E-state index >= 15 is 0 Å². The number of aromatic carboxylic acids is 1. The third kappa shape index (κ3) is 3.93. The Kier molecular flexibility index (Phi) is 4.51. The molecule has 0 radical (unpaired) electrons. The molecule has 0 aliphatic carbocycles. The fourth-order valence-electron chi connectivity index (χ4n) is 2.90. The number of carboxylic acid groups (broad SMARTS) is 1. The summed E-state index contributed by atoms with van der Waals surface area (Å²) in [5.74, 6) is -1.36. The highest BCUT2D eigenvalue weighted by Gasteiger charge is 2.36. The van der Waals surface area contributed by atoms with E-state index in [-0.39, 0.29) is 11.3 Å². The first-order valence-electron chi connectivity index (χ1n) is 6.94. The van der Waals surface area contributed by atoms with E-state index in [0.717, 1.165) is 12.1 Å². The average molecular weight is 294 g/mol. The van der Waals surface area contributed by atoms with Crippen molar-refractivity contribution in [2.75, 3.05) is 33.7 Å². The molecule has 1 aliphatic heterocycles. The monoisotopic (exact) mass is 294 g/mol. The van der Waals surface area contributed by atoms with E-state index in [2.05, 4.69) is 4.90 Å². The molecule has 0 bridgehead atoms. The molecular formula is C15H22N2O4. The van der Waals surface area contributed by atoms with Gasteiger partial charge in [-0.2, -0.15) is 0 Å². The van der Waals surface area contributed by atoms with Gasteiger partial charge in [0.05, 0.1) is 5.60 Å². The smallest absolute Gasteiger partial charge is 0.339 e. The van der Waals surface area contributed by atoms with Crippen LogP contribution in [0.1, 0.15) is 22.3 Å². The van der Waals surface area contributed by atoms with Crippen LogP contribution >= 0.6 is 0 Å². The zero-order valence-corrected chi connectivity index (χ0v) is 12.4. The molecule has 1 aromatic carbocycles. The van der Waals surface area contributed by atoms with Crippen LogP contribution in [0, 0.1) is 0 Å². The van der Waals surface area contributed by atoms with Gasteiger partial charge in [0.1, 0.15) is 11.3 Å². The van der Waals surface area contributed by atoms with Crippen LogP contribution < -0.4 is 0 Å². The lowest BCUT2D eigenvalue weighted by atomic mass is 10.0. The lowest BCUT2D eigenvalue weighted by molar-refractivity contribution is 0.0240. The molecule has 1 aromatic rings. The molecule has 0 spiro atoms. The number of phenols is 1. The van der Waals surface area contributed by atoms with Crippen LogP contribution in [0.4, 0.5) is 0 Å². The van der Waals surface area contributed by atoms with Crippen molar-refractivity contribution < 1.29 is 20.1 Å². The van der Waals surface area contributed by atoms with Crippen molar-refractivity contribution in [1.29, 1.82) is 0 Å². The van der Waals surface area contributed by atoms with Crippen molar-refractivity contribution in [2.45, 2.75) is 18.6 Å². The molecule has 1 atom stereocenters. The summed E-state index contributed by atoms with van der Waals surface area (Å²) in [6, 6.07) is 4.60. The minimum Gasteiger partial charge on any atom is -0.507 e. The van der Waals surface area contributed by atoms with Gasteiger partial charge in [-0.1, -0.05) is 6.07 Å². The fourth-order valence-corrected chi connectivity index (χ4v) is 2.90. The minimum atomic E-state index is -1.14. The van der Waals surface area contributed by atoms with E-state index in [9.17, 15) is 15.0 Å². The Bertz CT molecular complexity index is 532. The van der Waals surface area contributed by atoms with Gasteiger partial charge in [0.2, 0.25) is 0 Å². The first-order valence-corrected chi connectivity index (χ1v) is 6.94. The molecule has 0 saturated carbocycles. The molecule has 1 saturated heterocycles. The summed E-state index contributed by atoms with van der Waals surface area (Å²) in [5, 5.41) is 29.0. The maximum Gasteiger partial charge on any atom is 0.339 e. The maximum atomic E-state index is 11.0. The number of hydrogen-bond donors (Lipinski definition) is 3. The van der Waals surface area contributed by atoms with Gasteiger partial charge in [-0.15, -0.1) is 0 Å². The highest BCUT2D eigenvalue weighted by Crippen LogP contribution is 2.25. The molecular weight excluding hydrogens is 272 g/mol. The number of carboxylic acids is 1. The lowest BCUT2D eigenvalue weighted by Gasteiger charge is -2.26. The van der Waals surface area contributed by atoms with Crippen molar-refractivity contribution in [1.82, 2.24) is 9.80 Å². The zero-order valence-electron chi connectivity index (χ0n) is 12.4. The maximum absolute atomic E-state index is 11.0. The second-order valence-electron chi connectivity index (χ2n) is 6.08. The Hall–Kier alpha value is -1.63. The predicted molar refractivity (Wildman–Crippen MR) is 78.5 cm³/mol. The van der Waals surface area contributed by atoms with E-state index in [1.54, 1.807) is 6.07 Å². The van der Waals surface area contributed by atoms with E-state index in [1.807, 2.05) is 19.0 Å². The van der Waals surface area contributed by atoms with E-state index < -0.39 is 11.6 Å². The second kappa shape index (κ2) is 6.01. The summed E-state index contributed by atoms with van der Waals surface area (Å²) in [7, 11) is 3.86. The van der Waals surface area contributed by atoms with E-state index in [1.165, 1.54) is 12.1 Å². The van der Waals surface area contributed by atoms with E-state index in [0.29, 0.717) is 26.1 Å². The van der Waals surface area contributed by atoms with Crippen molar-refractivity contribution in [3.8, 4) is 5.75 Å². The van der Waals surface area contributed by atoms with Gasteiger partial charge in [-0.05, 0) is 38.2 Å². The largest absolute Gasteiger partial charge is 0.507 e. The Labute approximate surface area is 124 Å². The molecule has 1 heterocycles. The number of aliphatic hydroxyl groups is 1. The Balaban J connectivity index is 2.03. The van der Waals surface area contributed by atoms with Gasteiger partial charge < -0.3 is 20.2 Å². The molecule has 0 aromatic heterocycles. The van der Waals surface area contributed by atoms with Gasteiger partial charge in [-0.25, -0.2) is 4.79 Å². The van der Waals surface area contributed by atoms with Gasteiger partial charge in [0.25, 0.3) is 0 Å². The number of nitrogens with zero attached hydrogens (tertiary/aromatic N) is 2. The average Bonchev–Trinajstić information content (AvgIpc) is 2.71. The van der Waals surface area contributed by atoms with E-state index in [4.69, 9.17) is 5.11 Å². The van der Waals surface area contributed by atoms with Crippen LogP contribution in [0.5, 0.6) is 5.75 Å². The van der Waals surface area contributed by atoms with Crippen LogP contribution in [-0.4, -0.2) is 70.4 Å². The first-order chi connectivity index (χ1) is 9.79. The minimum absolute atomic E-state index is 0.0877. The molecule has 2 rings (SSSR count). The second-order valence-corrected chi connectivity index (χ2v) is 6.08. The number of likely N-dealkylation sites (N-methyl/N-ethyl adjacent to an activating group) is 1. The summed E-state index contributed by atoms with van der Waals surface area (Å²) in [6.45, 7) is 2.51. The number of rotatable bonds is 5. The summed E-state index contributed by atoms with van der Waals surface area (Å²) < 4.78 is 0. The Morgan fingerprint density at radius 1 is 1.43 bits per heavy atom. The summed E-state index contributed by atoms with van der Waals surface area (Å²) in [5.41, 5.74) is 0.0188. The van der Waals surface area contributed by atoms with Gasteiger partial charge in [0, 0.05) is 26.2 Å². The SMILES string of the molecule is CN(C)C[C@@]1(O)CCN(Cc2ccc(O)c(C(=O)O)c2)C1. The number of carbonyl (C=O) groups is 1. The van der Waals surface area contributed by atoms with Crippen molar-refractivity contribution >= 4 is 5.97 Å². The number of aromatic hydroxyl groups is 1. The predicted octanol–water partition coefficient (Wildman–Crippen LogP) is 0.589. The van der Waals surface area contributed by atoms with Crippen molar-refractivity contribution in [2.24, 2.45) is 0 Å². The highest BCUT2D eigenvalue weighted by atomic mass is 16.4.